The maximum absolute atomic E-state index is 12.6. The minimum atomic E-state index is -0.678. The van der Waals surface area contributed by atoms with Crippen molar-refractivity contribution >= 4 is 23.2 Å². The number of Topliss-reactive ketones (excluding diaryl/α,β-unsaturated/α-hetero) is 1. The van der Waals surface area contributed by atoms with Crippen LogP contribution in [0.25, 0.3) is 0 Å². The lowest BCUT2D eigenvalue weighted by atomic mass is 10.0. The van der Waals surface area contributed by atoms with Crippen molar-refractivity contribution < 1.29 is 14.0 Å². The van der Waals surface area contributed by atoms with Crippen molar-refractivity contribution in [1.29, 1.82) is 0 Å². The fraction of sp³-hybridized carbons (Fsp3) is 0.0909. The molecule has 1 aliphatic rings. The van der Waals surface area contributed by atoms with Gasteiger partial charge in [0, 0.05) is 5.56 Å². The Balaban J connectivity index is 2.34. The number of hydrogen-bond donors (Lipinski definition) is 0. The topological polar surface area (TPSA) is 58.9 Å². The van der Waals surface area contributed by atoms with Crippen LogP contribution in [0.2, 0.25) is 0 Å². The molecule has 2 amide bonds. The summed E-state index contributed by atoms with van der Waals surface area (Å²) in [6.07, 6.45) is 0. The van der Waals surface area contributed by atoms with E-state index in [2.05, 4.69) is 9.98 Å². The average molecular weight is 218 g/mol. The second-order valence-electron chi connectivity index (χ2n) is 3.28. The first-order valence-electron chi connectivity index (χ1n) is 4.56. The molecular formula is C11H7FN2O2. The van der Waals surface area contributed by atoms with Crippen molar-refractivity contribution in [2.24, 2.45) is 9.98 Å². The maximum atomic E-state index is 12.6. The van der Waals surface area contributed by atoms with E-state index in [1.54, 1.807) is 0 Å². The zero-order valence-electron chi connectivity index (χ0n) is 8.40. The standard InChI is InChI=1S/C11H7FN2O2/c1-6-9(14-11(16)13-6)10(15)7-2-4-8(12)5-3-7/h2-5H,1H3. The summed E-state index contributed by atoms with van der Waals surface area (Å²) < 4.78 is 12.6. The van der Waals surface area contributed by atoms with E-state index in [0.29, 0.717) is 5.71 Å². The normalized spacial score (nSPS) is 14.8. The fourth-order valence-electron chi connectivity index (χ4n) is 1.35. The molecule has 80 valence electrons. The highest BCUT2D eigenvalue weighted by atomic mass is 19.1. The Labute approximate surface area is 90.5 Å². The summed E-state index contributed by atoms with van der Waals surface area (Å²) in [5, 5.41) is 0. The number of carbonyl (C=O) groups is 2. The van der Waals surface area contributed by atoms with Crippen LogP contribution in [0.4, 0.5) is 9.18 Å². The van der Waals surface area contributed by atoms with Gasteiger partial charge in [-0.15, -0.1) is 0 Å². The average Bonchev–Trinajstić information content (AvgIpc) is 2.58. The Kier molecular flexibility index (Phi) is 2.44. The molecule has 0 saturated heterocycles. The van der Waals surface area contributed by atoms with Gasteiger partial charge in [-0.05, 0) is 31.2 Å². The minimum Gasteiger partial charge on any atom is -0.287 e. The van der Waals surface area contributed by atoms with Crippen LogP contribution >= 0.6 is 0 Å². The smallest absolute Gasteiger partial charge is 0.287 e. The van der Waals surface area contributed by atoms with Gasteiger partial charge in [0.25, 0.3) is 0 Å². The number of amides is 2. The summed E-state index contributed by atoms with van der Waals surface area (Å²) >= 11 is 0. The van der Waals surface area contributed by atoms with Gasteiger partial charge in [-0.1, -0.05) is 0 Å². The Morgan fingerprint density at radius 2 is 1.81 bits per heavy atom. The molecule has 1 aliphatic heterocycles. The number of aliphatic imine (C=N–C) groups is 2. The highest BCUT2D eigenvalue weighted by molar-refractivity contribution is 6.72. The molecule has 0 bridgehead atoms. The molecule has 1 aromatic carbocycles. The molecule has 0 fully saturated rings. The van der Waals surface area contributed by atoms with Gasteiger partial charge in [0.05, 0.1) is 5.71 Å². The van der Waals surface area contributed by atoms with Crippen LogP contribution in [0.1, 0.15) is 17.3 Å². The van der Waals surface area contributed by atoms with Crippen molar-refractivity contribution in [3.05, 3.63) is 35.6 Å². The Hall–Kier alpha value is -2.17. The molecule has 0 spiro atoms. The lowest BCUT2D eigenvalue weighted by molar-refractivity contribution is 0.106. The van der Waals surface area contributed by atoms with Gasteiger partial charge < -0.3 is 0 Å². The summed E-state index contributed by atoms with van der Waals surface area (Å²) in [6, 6.07) is 4.36. The fourth-order valence-corrected chi connectivity index (χ4v) is 1.35. The first-order chi connectivity index (χ1) is 7.58. The molecule has 0 aliphatic carbocycles. The molecule has 1 aromatic rings. The van der Waals surface area contributed by atoms with E-state index >= 15 is 0 Å². The lowest BCUT2D eigenvalue weighted by Crippen LogP contribution is -2.19. The third-order valence-corrected chi connectivity index (χ3v) is 2.13. The molecule has 5 heteroatoms. The van der Waals surface area contributed by atoms with Crippen molar-refractivity contribution in [3.8, 4) is 0 Å². The molecule has 0 radical (unpaired) electrons. The van der Waals surface area contributed by atoms with Crippen LogP contribution in [-0.4, -0.2) is 23.2 Å². The summed E-state index contributed by atoms with van der Waals surface area (Å²) in [4.78, 5) is 29.7. The summed E-state index contributed by atoms with van der Waals surface area (Å²) in [5.74, 6) is -0.849. The number of nitrogens with zero attached hydrogens (tertiary/aromatic N) is 2. The van der Waals surface area contributed by atoms with E-state index in [9.17, 15) is 14.0 Å². The van der Waals surface area contributed by atoms with E-state index in [4.69, 9.17) is 0 Å². The van der Waals surface area contributed by atoms with Gasteiger partial charge >= 0.3 is 6.03 Å². The Morgan fingerprint density at radius 1 is 1.19 bits per heavy atom. The van der Waals surface area contributed by atoms with Crippen LogP contribution in [0.3, 0.4) is 0 Å². The van der Waals surface area contributed by atoms with Crippen molar-refractivity contribution in [1.82, 2.24) is 0 Å². The van der Waals surface area contributed by atoms with E-state index in [1.165, 1.54) is 31.2 Å². The second-order valence-corrected chi connectivity index (χ2v) is 3.28. The van der Waals surface area contributed by atoms with Gasteiger partial charge in [-0.2, -0.15) is 9.98 Å². The number of benzene rings is 1. The number of rotatable bonds is 2. The van der Waals surface area contributed by atoms with Crippen LogP contribution in [0.15, 0.2) is 34.3 Å². The van der Waals surface area contributed by atoms with Crippen LogP contribution < -0.4 is 0 Å². The quantitative estimate of drug-likeness (QED) is 0.713. The molecule has 0 N–H and O–H groups in total. The summed E-state index contributed by atoms with van der Waals surface area (Å²) in [5.41, 5.74) is 0.598. The van der Waals surface area contributed by atoms with Gasteiger partial charge in [0.1, 0.15) is 11.5 Å². The van der Waals surface area contributed by atoms with Gasteiger partial charge in [0.2, 0.25) is 5.78 Å². The molecular weight excluding hydrogens is 211 g/mol. The van der Waals surface area contributed by atoms with Crippen LogP contribution in [0, 0.1) is 5.82 Å². The maximum Gasteiger partial charge on any atom is 0.368 e. The number of ketones is 1. The largest absolute Gasteiger partial charge is 0.368 e. The van der Waals surface area contributed by atoms with E-state index in [0.717, 1.165) is 0 Å². The second kappa shape index (κ2) is 3.77. The van der Waals surface area contributed by atoms with E-state index in [-0.39, 0.29) is 11.3 Å². The third-order valence-electron chi connectivity index (χ3n) is 2.13. The highest BCUT2D eigenvalue weighted by Gasteiger charge is 2.23. The number of halogens is 1. The third kappa shape index (κ3) is 1.79. The number of urea groups is 1. The van der Waals surface area contributed by atoms with Crippen molar-refractivity contribution in [2.45, 2.75) is 6.92 Å². The monoisotopic (exact) mass is 218 g/mol. The molecule has 0 saturated carbocycles. The van der Waals surface area contributed by atoms with E-state index in [1.807, 2.05) is 0 Å². The zero-order chi connectivity index (χ0) is 11.7. The van der Waals surface area contributed by atoms with Gasteiger partial charge in [0.15, 0.2) is 0 Å². The van der Waals surface area contributed by atoms with E-state index < -0.39 is 17.6 Å². The summed E-state index contributed by atoms with van der Waals surface area (Å²) in [6.45, 7) is 1.53. The molecule has 4 nitrogen and oxygen atoms in total. The van der Waals surface area contributed by atoms with Crippen LogP contribution in [-0.2, 0) is 0 Å². The summed E-state index contributed by atoms with van der Waals surface area (Å²) in [7, 11) is 0. The van der Waals surface area contributed by atoms with Crippen molar-refractivity contribution in [3.63, 3.8) is 0 Å². The predicted molar refractivity (Wildman–Crippen MR) is 56.7 cm³/mol. The minimum absolute atomic E-state index is 0.0246. The first kappa shape index (κ1) is 10.4. The zero-order valence-corrected chi connectivity index (χ0v) is 8.40. The first-order valence-corrected chi connectivity index (χ1v) is 4.56. The van der Waals surface area contributed by atoms with Gasteiger partial charge in [-0.25, -0.2) is 9.18 Å². The highest BCUT2D eigenvalue weighted by Crippen LogP contribution is 2.09. The Morgan fingerprint density at radius 3 is 2.31 bits per heavy atom. The molecule has 1 heterocycles. The number of hydrogen-bond acceptors (Lipinski definition) is 2. The van der Waals surface area contributed by atoms with Crippen molar-refractivity contribution in [2.75, 3.05) is 0 Å². The van der Waals surface area contributed by atoms with Gasteiger partial charge in [-0.3, -0.25) is 4.79 Å². The molecule has 0 unspecified atom stereocenters. The predicted octanol–water partition coefficient (Wildman–Crippen LogP) is 2.04. The molecule has 2 rings (SSSR count). The molecule has 0 atom stereocenters. The number of carbonyl (C=O) groups excluding carboxylic acids is 2. The Bertz CT molecular complexity index is 529. The SMILES string of the molecule is CC1=NC(=O)N=C1C(=O)c1ccc(F)cc1. The lowest BCUT2D eigenvalue weighted by Gasteiger charge is -1.99. The molecule has 16 heavy (non-hydrogen) atoms. The molecule has 0 aromatic heterocycles. The van der Waals surface area contributed by atoms with Crippen LogP contribution in [0.5, 0.6) is 0 Å².